The lowest BCUT2D eigenvalue weighted by molar-refractivity contribution is 0.510. The number of pyridine rings is 1. The zero-order valence-electron chi connectivity index (χ0n) is 10.4. The first-order valence-corrected chi connectivity index (χ1v) is 6.09. The lowest BCUT2D eigenvalue weighted by Gasteiger charge is -2.09. The van der Waals surface area contributed by atoms with Gasteiger partial charge in [-0.05, 0) is 29.7 Å². The molecule has 2 nitrogen and oxygen atoms in total. The average molecular weight is 290 g/mol. The van der Waals surface area contributed by atoms with Gasteiger partial charge < -0.3 is 0 Å². The summed E-state index contributed by atoms with van der Waals surface area (Å²) < 4.78 is 55.5. The van der Waals surface area contributed by atoms with Crippen molar-refractivity contribution in [1.82, 2.24) is 9.38 Å². The van der Waals surface area contributed by atoms with Crippen LogP contribution in [0.2, 0.25) is 0 Å². The van der Waals surface area contributed by atoms with E-state index >= 15 is 0 Å². The van der Waals surface area contributed by atoms with Gasteiger partial charge in [-0.25, -0.2) is 18.2 Å². The Morgan fingerprint density at radius 3 is 2.38 bits per heavy atom. The van der Waals surface area contributed by atoms with Crippen molar-refractivity contribution in [2.24, 2.45) is 0 Å². The third-order valence-electron chi connectivity index (χ3n) is 3.51. The lowest BCUT2D eigenvalue weighted by atomic mass is 10.1. The van der Waals surface area contributed by atoms with E-state index in [0.717, 1.165) is 22.7 Å². The van der Waals surface area contributed by atoms with Crippen molar-refractivity contribution in [2.45, 2.75) is 0 Å². The van der Waals surface area contributed by atoms with Crippen LogP contribution < -0.4 is 0 Å². The van der Waals surface area contributed by atoms with Gasteiger partial charge in [0, 0.05) is 16.8 Å². The molecule has 6 heteroatoms. The van der Waals surface area contributed by atoms with Crippen molar-refractivity contribution in [3.8, 4) is 0 Å². The zero-order valence-corrected chi connectivity index (χ0v) is 10.4. The topological polar surface area (TPSA) is 17.3 Å². The minimum absolute atomic E-state index is 0.0944. The van der Waals surface area contributed by atoms with Gasteiger partial charge >= 0.3 is 0 Å². The smallest absolute Gasteiger partial charge is 0.218 e. The number of nitrogens with zero attached hydrogens (tertiary/aromatic N) is 2. The van der Waals surface area contributed by atoms with Crippen LogP contribution in [-0.4, -0.2) is 9.38 Å². The standard InChI is InChI=1S/C15H6F4N2/c16-7-1-2-8-9(3-7)10-4-11(17)12(18)5-13(10)21-14(19)6-20-15(8)21/h1-6H. The molecule has 0 spiro atoms. The predicted octanol–water partition coefficient (Wildman–Crippen LogP) is 4.20. The van der Waals surface area contributed by atoms with E-state index in [9.17, 15) is 17.6 Å². The Bertz CT molecular complexity index is 1040. The highest BCUT2D eigenvalue weighted by molar-refractivity contribution is 6.11. The average Bonchev–Trinajstić information content (AvgIpc) is 2.83. The van der Waals surface area contributed by atoms with Crippen LogP contribution in [0.4, 0.5) is 17.6 Å². The number of rotatable bonds is 0. The molecule has 4 aromatic rings. The lowest BCUT2D eigenvalue weighted by Crippen LogP contribution is -1.96. The van der Waals surface area contributed by atoms with Crippen molar-refractivity contribution in [3.63, 3.8) is 0 Å². The molecule has 21 heavy (non-hydrogen) atoms. The van der Waals surface area contributed by atoms with Crippen LogP contribution in [0.25, 0.3) is 27.3 Å². The summed E-state index contributed by atoms with van der Waals surface area (Å²) in [6, 6.07) is 5.66. The van der Waals surface area contributed by atoms with Gasteiger partial charge in [0.05, 0.1) is 11.7 Å². The molecule has 0 N–H and O–H groups in total. The number of hydrogen-bond acceptors (Lipinski definition) is 1. The first-order chi connectivity index (χ1) is 10.1. The third-order valence-corrected chi connectivity index (χ3v) is 3.51. The highest BCUT2D eigenvalue weighted by Crippen LogP contribution is 2.31. The van der Waals surface area contributed by atoms with Gasteiger partial charge in [0.2, 0.25) is 5.95 Å². The molecule has 2 aromatic heterocycles. The first kappa shape index (κ1) is 12.1. The van der Waals surface area contributed by atoms with Crippen molar-refractivity contribution in [1.29, 1.82) is 0 Å². The summed E-state index contributed by atoms with van der Waals surface area (Å²) in [7, 11) is 0. The Hall–Kier alpha value is -2.63. The monoisotopic (exact) mass is 290 g/mol. The maximum Gasteiger partial charge on any atom is 0.218 e. The Morgan fingerprint density at radius 2 is 1.57 bits per heavy atom. The van der Waals surface area contributed by atoms with E-state index < -0.39 is 23.4 Å². The normalized spacial score (nSPS) is 11.8. The fraction of sp³-hybridized carbons (Fsp3) is 0. The zero-order chi connectivity index (χ0) is 14.7. The molecule has 0 unspecified atom stereocenters. The molecule has 2 aromatic carbocycles. The van der Waals surface area contributed by atoms with Crippen LogP contribution in [0.3, 0.4) is 0 Å². The van der Waals surface area contributed by atoms with Crippen LogP contribution in [0, 0.1) is 23.4 Å². The molecule has 0 fully saturated rings. The second-order valence-corrected chi connectivity index (χ2v) is 4.71. The van der Waals surface area contributed by atoms with Gasteiger partial charge in [-0.1, -0.05) is 0 Å². The van der Waals surface area contributed by atoms with E-state index in [1.54, 1.807) is 0 Å². The molecule has 4 rings (SSSR count). The molecule has 0 atom stereocenters. The third kappa shape index (κ3) is 1.55. The summed E-state index contributed by atoms with van der Waals surface area (Å²) in [5.74, 6) is -3.40. The van der Waals surface area contributed by atoms with Gasteiger partial charge in [0.25, 0.3) is 0 Å². The summed E-state index contributed by atoms with van der Waals surface area (Å²) in [6.07, 6.45) is 0.985. The SMILES string of the molecule is Fc1ccc2c(c1)c1cc(F)c(F)cc1n1c(F)cnc21. The van der Waals surface area contributed by atoms with Crippen molar-refractivity contribution >= 4 is 27.3 Å². The van der Waals surface area contributed by atoms with Crippen LogP contribution in [-0.2, 0) is 0 Å². The Labute approximate surface area is 115 Å². The highest BCUT2D eigenvalue weighted by atomic mass is 19.2. The molecule has 0 saturated carbocycles. The molecule has 0 radical (unpaired) electrons. The molecule has 0 aliphatic carbocycles. The minimum Gasteiger partial charge on any atom is -0.268 e. The van der Waals surface area contributed by atoms with E-state index in [1.165, 1.54) is 18.2 Å². The Balaban J connectivity index is 2.42. The van der Waals surface area contributed by atoms with Crippen molar-refractivity contribution in [3.05, 3.63) is 59.9 Å². The number of halogens is 4. The Morgan fingerprint density at radius 1 is 0.810 bits per heavy atom. The van der Waals surface area contributed by atoms with Gasteiger partial charge in [-0.15, -0.1) is 0 Å². The minimum atomic E-state index is -1.10. The van der Waals surface area contributed by atoms with E-state index in [2.05, 4.69) is 4.98 Å². The number of fused-ring (bicyclic) bond motifs is 6. The molecule has 2 heterocycles. The van der Waals surface area contributed by atoms with E-state index in [-0.39, 0.29) is 16.6 Å². The van der Waals surface area contributed by atoms with E-state index in [1.807, 2.05) is 0 Å². The summed E-state index contributed by atoms with van der Waals surface area (Å²) in [6.45, 7) is 0. The van der Waals surface area contributed by atoms with Crippen LogP contribution >= 0.6 is 0 Å². The van der Waals surface area contributed by atoms with Crippen molar-refractivity contribution in [2.75, 3.05) is 0 Å². The fourth-order valence-electron chi connectivity index (χ4n) is 2.62. The number of benzene rings is 2. The summed E-state index contributed by atoms with van der Waals surface area (Å²) in [5, 5.41) is 1.02. The molecule has 0 amide bonds. The first-order valence-electron chi connectivity index (χ1n) is 6.09. The summed E-state index contributed by atoms with van der Waals surface area (Å²) >= 11 is 0. The second kappa shape index (κ2) is 3.94. The maximum atomic E-state index is 13.9. The second-order valence-electron chi connectivity index (χ2n) is 4.71. The molecule has 0 aliphatic heterocycles. The van der Waals surface area contributed by atoms with E-state index in [0.29, 0.717) is 10.8 Å². The summed E-state index contributed by atoms with van der Waals surface area (Å²) in [5.41, 5.74) is 0.318. The van der Waals surface area contributed by atoms with Gasteiger partial charge in [-0.3, -0.25) is 4.40 Å². The molecule has 0 saturated heterocycles. The van der Waals surface area contributed by atoms with Crippen LogP contribution in [0.5, 0.6) is 0 Å². The van der Waals surface area contributed by atoms with Crippen LogP contribution in [0.1, 0.15) is 0 Å². The number of hydrogen-bond donors (Lipinski definition) is 0. The maximum absolute atomic E-state index is 13.9. The quantitative estimate of drug-likeness (QED) is 0.350. The largest absolute Gasteiger partial charge is 0.268 e. The van der Waals surface area contributed by atoms with Gasteiger partial charge in [0.15, 0.2) is 11.6 Å². The van der Waals surface area contributed by atoms with Gasteiger partial charge in [0.1, 0.15) is 11.5 Å². The highest BCUT2D eigenvalue weighted by Gasteiger charge is 2.16. The molecule has 0 aliphatic rings. The summed E-state index contributed by atoms with van der Waals surface area (Å²) in [4.78, 5) is 3.93. The molecule has 0 bridgehead atoms. The molecular formula is C15H6F4N2. The fourth-order valence-corrected chi connectivity index (χ4v) is 2.62. The number of imidazole rings is 1. The molecular weight excluding hydrogens is 284 g/mol. The van der Waals surface area contributed by atoms with Crippen LogP contribution in [0.15, 0.2) is 36.5 Å². The molecule has 104 valence electrons. The van der Waals surface area contributed by atoms with E-state index in [4.69, 9.17) is 0 Å². The van der Waals surface area contributed by atoms with Crippen molar-refractivity contribution < 1.29 is 17.6 Å². The number of aromatic nitrogens is 2. The van der Waals surface area contributed by atoms with Gasteiger partial charge in [-0.2, -0.15) is 4.39 Å². The predicted molar refractivity (Wildman–Crippen MR) is 70.0 cm³/mol. The Kier molecular flexibility index (Phi) is 2.28.